The van der Waals surface area contributed by atoms with Gasteiger partial charge in [-0.1, -0.05) is 41.7 Å². The Kier molecular flexibility index (Phi) is 6.62. The number of rotatable bonds is 9. The maximum absolute atomic E-state index is 10.7. The second kappa shape index (κ2) is 9.74. The van der Waals surface area contributed by atoms with E-state index in [4.69, 9.17) is 4.74 Å². The molecule has 2 aromatic heterocycles. The Labute approximate surface area is 178 Å². The summed E-state index contributed by atoms with van der Waals surface area (Å²) in [4.78, 5) is 6.33. The molecule has 3 aromatic rings. The van der Waals surface area contributed by atoms with Crippen molar-refractivity contribution in [3.63, 3.8) is 0 Å². The second-order valence-electron chi connectivity index (χ2n) is 6.81. The first kappa shape index (κ1) is 20.4. The van der Waals surface area contributed by atoms with E-state index < -0.39 is 12.3 Å². The normalized spacial score (nSPS) is 18.2. The molecule has 1 saturated heterocycles. The van der Waals surface area contributed by atoms with E-state index in [1.165, 1.54) is 11.3 Å². The quantitative estimate of drug-likeness (QED) is 0.436. The summed E-state index contributed by atoms with van der Waals surface area (Å²) in [5.74, 6) is 0.632. The van der Waals surface area contributed by atoms with Gasteiger partial charge in [-0.05, 0) is 18.9 Å². The van der Waals surface area contributed by atoms with Crippen LogP contribution in [0.25, 0.3) is 0 Å². The van der Waals surface area contributed by atoms with Crippen molar-refractivity contribution in [2.24, 2.45) is 0 Å². The minimum atomic E-state index is -0.946. The van der Waals surface area contributed by atoms with Gasteiger partial charge in [0.25, 0.3) is 0 Å². The van der Waals surface area contributed by atoms with Crippen LogP contribution in [0.1, 0.15) is 25.0 Å². The number of ether oxygens (including phenoxy) is 1. The summed E-state index contributed by atoms with van der Waals surface area (Å²) in [5, 5.41) is 34.5. The first-order valence-electron chi connectivity index (χ1n) is 9.82. The molecule has 4 rings (SSSR count). The van der Waals surface area contributed by atoms with E-state index in [2.05, 4.69) is 40.9 Å². The fourth-order valence-corrected chi connectivity index (χ4v) is 4.11. The van der Waals surface area contributed by atoms with Crippen molar-refractivity contribution in [2.75, 3.05) is 35.2 Å². The van der Waals surface area contributed by atoms with Crippen LogP contribution in [0.2, 0.25) is 0 Å². The zero-order valence-corrected chi connectivity index (χ0v) is 17.4. The van der Waals surface area contributed by atoms with Gasteiger partial charge in [0.15, 0.2) is 6.23 Å². The van der Waals surface area contributed by atoms with Crippen LogP contribution >= 0.6 is 11.3 Å². The highest BCUT2D eigenvalue weighted by atomic mass is 32.1. The maximum atomic E-state index is 10.7. The van der Waals surface area contributed by atoms with E-state index >= 15 is 0 Å². The van der Waals surface area contributed by atoms with Crippen LogP contribution in [0.4, 0.5) is 16.2 Å². The fraction of sp³-hybridized carbons (Fsp3) is 0.421. The van der Waals surface area contributed by atoms with Gasteiger partial charge in [-0.25, -0.2) is 4.98 Å². The Morgan fingerprint density at radius 3 is 2.80 bits per heavy atom. The second-order valence-corrected chi connectivity index (χ2v) is 7.78. The molecular formula is C19H24N8O2S. The third kappa shape index (κ3) is 4.99. The zero-order chi connectivity index (χ0) is 20.8. The van der Waals surface area contributed by atoms with Gasteiger partial charge in [-0.2, -0.15) is 5.10 Å². The first-order chi connectivity index (χ1) is 14.7. The van der Waals surface area contributed by atoms with Gasteiger partial charge in [0.05, 0.1) is 12.4 Å². The molecule has 1 aromatic carbocycles. The highest BCUT2D eigenvalue weighted by molar-refractivity contribution is 7.19. The molecule has 3 N–H and O–H groups in total. The largest absolute Gasteiger partial charge is 0.371 e. The number of aromatic nitrogens is 5. The zero-order valence-electron chi connectivity index (χ0n) is 16.5. The Morgan fingerprint density at radius 1 is 1.20 bits per heavy atom. The smallest absolute Gasteiger partial charge is 0.245 e. The van der Waals surface area contributed by atoms with Gasteiger partial charge in [0.2, 0.25) is 16.2 Å². The molecule has 0 amide bonds. The number of anilines is 3. The van der Waals surface area contributed by atoms with Crippen molar-refractivity contribution in [3.8, 4) is 0 Å². The molecule has 30 heavy (non-hydrogen) atoms. The van der Waals surface area contributed by atoms with Crippen molar-refractivity contribution in [1.82, 2.24) is 25.4 Å². The van der Waals surface area contributed by atoms with Crippen LogP contribution in [0.3, 0.4) is 0 Å². The highest BCUT2D eigenvalue weighted by Gasteiger charge is 2.26. The third-order valence-electron chi connectivity index (χ3n) is 4.73. The van der Waals surface area contributed by atoms with E-state index in [1.807, 2.05) is 37.3 Å². The molecule has 0 spiro atoms. The van der Waals surface area contributed by atoms with Crippen molar-refractivity contribution in [2.45, 2.75) is 31.7 Å². The Hall–Kier alpha value is -2.89. The third-order valence-corrected chi connectivity index (χ3v) is 5.51. The van der Waals surface area contributed by atoms with E-state index in [0.717, 1.165) is 25.1 Å². The number of aliphatic hydroxyl groups excluding tert-OH is 1. The van der Waals surface area contributed by atoms with Crippen molar-refractivity contribution >= 4 is 27.5 Å². The SMILES string of the molecule is CCOC(c1ccccc1)C(O)Nc1nnc(NC2CCN(c3nccnn3)C2)s1. The molecule has 0 aliphatic carbocycles. The lowest BCUT2D eigenvalue weighted by molar-refractivity contribution is -0.0218. The number of nitrogens with zero attached hydrogens (tertiary/aromatic N) is 6. The fourth-order valence-electron chi connectivity index (χ4n) is 3.35. The number of nitrogens with one attached hydrogen (secondary N) is 2. The summed E-state index contributed by atoms with van der Waals surface area (Å²) in [6.45, 7) is 3.99. The number of benzene rings is 1. The van der Waals surface area contributed by atoms with Crippen LogP contribution in [0, 0.1) is 0 Å². The first-order valence-corrected chi connectivity index (χ1v) is 10.6. The van der Waals surface area contributed by atoms with E-state index in [1.54, 1.807) is 12.4 Å². The van der Waals surface area contributed by atoms with E-state index in [0.29, 0.717) is 22.8 Å². The maximum Gasteiger partial charge on any atom is 0.245 e. The molecule has 0 bridgehead atoms. The summed E-state index contributed by atoms with van der Waals surface area (Å²) in [6, 6.07) is 9.83. The van der Waals surface area contributed by atoms with Crippen LogP contribution in [0.15, 0.2) is 42.7 Å². The molecule has 0 radical (unpaired) electrons. The molecule has 3 heterocycles. The Morgan fingerprint density at radius 2 is 2.03 bits per heavy atom. The minimum Gasteiger partial charge on any atom is -0.371 e. The number of hydrogen-bond donors (Lipinski definition) is 3. The predicted octanol–water partition coefficient (Wildman–Crippen LogP) is 1.92. The standard InChI is InChI=1S/C19H24N8O2S/c1-2-29-15(13-6-4-3-5-7-13)16(28)23-19-26-25-18(30-19)22-14-8-11-27(12-14)17-20-9-10-21-24-17/h3-7,9-10,14-16,28H,2,8,11-12H2,1H3,(H,22,25)(H,23,26). The molecule has 0 saturated carbocycles. The number of aliphatic hydroxyl groups is 1. The van der Waals surface area contributed by atoms with Gasteiger partial charge in [0.1, 0.15) is 6.10 Å². The highest BCUT2D eigenvalue weighted by Crippen LogP contribution is 2.27. The lowest BCUT2D eigenvalue weighted by Gasteiger charge is -2.23. The molecule has 1 fully saturated rings. The average molecular weight is 429 g/mol. The summed E-state index contributed by atoms with van der Waals surface area (Å²) < 4.78 is 5.74. The summed E-state index contributed by atoms with van der Waals surface area (Å²) in [6.07, 6.45) is 2.69. The van der Waals surface area contributed by atoms with Gasteiger partial charge in [-0.15, -0.1) is 15.3 Å². The van der Waals surface area contributed by atoms with Crippen LogP contribution in [-0.4, -0.2) is 62.5 Å². The summed E-state index contributed by atoms with van der Waals surface area (Å²) in [7, 11) is 0. The molecular weight excluding hydrogens is 404 g/mol. The van der Waals surface area contributed by atoms with Crippen molar-refractivity contribution in [1.29, 1.82) is 0 Å². The van der Waals surface area contributed by atoms with Crippen LogP contribution < -0.4 is 15.5 Å². The molecule has 3 atom stereocenters. The monoisotopic (exact) mass is 428 g/mol. The Bertz CT molecular complexity index is 913. The molecule has 1 aliphatic rings. The molecule has 10 nitrogen and oxygen atoms in total. The van der Waals surface area contributed by atoms with Gasteiger partial charge in [0, 0.05) is 25.7 Å². The molecule has 158 valence electrons. The van der Waals surface area contributed by atoms with Gasteiger partial charge < -0.3 is 25.4 Å². The molecule has 3 unspecified atom stereocenters. The average Bonchev–Trinajstić information content (AvgIpc) is 3.43. The van der Waals surface area contributed by atoms with Crippen molar-refractivity contribution < 1.29 is 9.84 Å². The van der Waals surface area contributed by atoms with Crippen molar-refractivity contribution in [3.05, 3.63) is 48.3 Å². The molecule has 1 aliphatic heterocycles. The number of hydrogen-bond acceptors (Lipinski definition) is 11. The van der Waals surface area contributed by atoms with Crippen LogP contribution in [0.5, 0.6) is 0 Å². The topological polar surface area (TPSA) is 121 Å². The lowest BCUT2D eigenvalue weighted by Crippen LogP contribution is -2.29. The Balaban J connectivity index is 1.34. The summed E-state index contributed by atoms with van der Waals surface area (Å²) in [5.41, 5.74) is 0.894. The van der Waals surface area contributed by atoms with E-state index in [-0.39, 0.29) is 6.04 Å². The lowest BCUT2D eigenvalue weighted by atomic mass is 10.1. The van der Waals surface area contributed by atoms with Gasteiger partial charge >= 0.3 is 0 Å². The van der Waals surface area contributed by atoms with Gasteiger partial charge in [-0.3, -0.25) is 0 Å². The summed E-state index contributed by atoms with van der Waals surface area (Å²) >= 11 is 1.35. The predicted molar refractivity (Wildman–Crippen MR) is 114 cm³/mol. The minimum absolute atomic E-state index is 0.208. The van der Waals surface area contributed by atoms with Crippen LogP contribution in [-0.2, 0) is 4.74 Å². The molecule has 11 heteroatoms. The van der Waals surface area contributed by atoms with E-state index in [9.17, 15) is 5.11 Å².